The average Bonchev–Trinajstić information content (AvgIpc) is 3.36. The summed E-state index contributed by atoms with van der Waals surface area (Å²) in [7, 11) is 3.17. The van der Waals surface area contributed by atoms with Crippen molar-refractivity contribution in [2.24, 2.45) is 0 Å². The van der Waals surface area contributed by atoms with Gasteiger partial charge in [0.25, 0.3) is 0 Å². The maximum absolute atomic E-state index is 11.9. The van der Waals surface area contributed by atoms with Crippen LogP contribution < -0.4 is 10.1 Å². The van der Waals surface area contributed by atoms with Crippen molar-refractivity contribution >= 4 is 28.6 Å². The Hall–Kier alpha value is -3.22. The normalized spacial score (nSPS) is 17.8. The molecule has 1 aliphatic rings. The van der Waals surface area contributed by atoms with Gasteiger partial charge in [0.15, 0.2) is 0 Å². The SMILES string of the molecule is COC(=O)c1ccc(C2CNCCC2Sc2c(OC)cc(C)c3c2ccn3-c2ccccc2C)cc1. The largest absolute Gasteiger partial charge is 0.496 e. The monoisotopic (exact) mass is 500 g/mol. The van der Waals surface area contributed by atoms with Crippen molar-refractivity contribution in [3.63, 3.8) is 0 Å². The van der Waals surface area contributed by atoms with Gasteiger partial charge in [0.1, 0.15) is 5.75 Å². The third kappa shape index (κ3) is 4.51. The molecule has 186 valence electrons. The van der Waals surface area contributed by atoms with Crippen LogP contribution in [0.15, 0.2) is 71.8 Å². The number of aryl methyl sites for hydroxylation is 2. The topological polar surface area (TPSA) is 52.5 Å². The van der Waals surface area contributed by atoms with E-state index in [2.05, 4.69) is 78.5 Å². The zero-order chi connectivity index (χ0) is 25.2. The van der Waals surface area contributed by atoms with Crippen LogP contribution in [0.25, 0.3) is 16.6 Å². The summed E-state index contributed by atoms with van der Waals surface area (Å²) in [6.45, 7) is 6.19. The lowest BCUT2D eigenvalue weighted by molar-refractivity contribution is 0.0600. The number of carbonyl (C=O) groups is 1. The second-order valence-electron chi connectivity index (χ2n) is 9.33. The Labute approximate surface area is 216 Å². The fourth-order valence-electron chi connectivity index (χ4n) is 5.23. The van der Waals surface area contributed by atoms with Gasteiger partial charge in [0, 0.05) is 35.0 Å². The number of benzene rings is 3. The van der Waals surface area contributed by atoms with E-state index in [9.17, 15) is 4.79 Å². The molecular formula is C30H32N2O3S. The number of hydrogen-bond donors (Lipinski definition) is 1. The van der Waals surface area contributed by atoms with Crippen molar-refractivity contribution in [2.45, 2.75) is 36.3 Å². The standard InChI is InChI=1S/C30H32N2O3S/c1-19-7-5-6-8-25(19)32-16-14-23-28(32)20(2)17-26(34-3)29(23)36-27-13-15-31-18-24(27)21-9-11-22(12-10-21)30(33)35-4/h5-12,14,16-17,24,27,31H,13,15,18H2,1-4H3. The molecule has 0 spiro atoms. The van der Waals surface area contributed by atoms with Gasteiger partial charge in [-0.1, -0.05) is 30.3 Å². The summed E-state index contributed by atoms with van der Waals surface area (Å²) in [6.07, 6.45) is 3.22. The summed E-state index contributed by atoms with van der Waals surface area (Å²) in [6, 6.07) is 20.7. The molecule has 0 saturated carbocycles. The van der Waals surface area contributed by atoms with E-state index in [1.807, 2.05) is 23.9 Å². The number of aromatic nitrogens is 1. The molecule has 2 unspecified atom stereocenters. The van der Waals surface area contributed by atoms with E-state index in [0.29, 0.717) is 16.7 Å². The van der Waals surface area contributed by atoms with Gasteiger partial charge in [0.2, 0.25) is 0 Å². The number of esters is 1. The lowest BCUT2D eigenvalue weighted by Gasteiger charge is -2.33. The molecule has 4 aromatic rings. The predicted molar refractivity (Wildman–Crippen MR) is 147 cm³/mol. The first-order valence-corrected chi connectivity index (χ1v) is 13.2. The highest BCUT2D eigenvalue weighted by molar-refractivity contribution is 8.00. The molecule has 0 aliphatic carbocycles. The van der Waals surface area contributed by atoms with Crippen LogP contribution in [0.3, 0.4) is 0 Å². The van der Waals surface area contributed by atoms with Gasteiger partial charge in [0.05, 0.1) is 30.2 Å². The van der Waals surface area contributed by atoms with Crippen LogP contribution in [0.1, 0.15) is 39.4 Å². The summed E-state index contributed by atoms with van der Waals surface area (Å²) < 4.78 is 13.1. The number of methoxy groups -OCH3 is 2. The van der Waals surface area contributed by atoms with Crippen molar-refractivity contribution in [1.82, 2.24) is 9.88 Å². The van der Waals surface area contributed by atoms with Crippen LogP contribution in [0.2, 0.25) is 0 Å². The summed E-state index contributed by atoms with van der Waals surface area (Å²) in [5.74, 6) is 0.931. The highest BCUT2D eigenvalue weighted by atomic mass is 32.2. The number of hydrogen-bond acceptors (Lipinski definition) is 5. The van der Waals surface area contributed by atoms with Crippen molar-refractivity contribution < 1.29 is 14.3 Å². The van der Waals surface area contributed by atoms with E-state index in [4.69, 9.17) is 9.47 Å². The van der Waals surface area contributed by atoms with Crippen LogP contribution in [0, 0.1) is 13.8 Å². The first-order valence-electron chi connectivity index (χ1n) is 12.3. The number of para-hydroxylation sites is 1. The van der Waals surface area contributed by atoms with Gasteiger partial charge in [-0.25, -0.2) is 4.79 Å². The van der Waals surface area contributed by atoms with Gasteiger partial charge >= 0.3 is 5.97 Å². The number of thioether (sulfide) groups is 1. The lowest BCUT2D eigenvalue weighted by Crippen LogP contribution is -2.36. The molecule has 0 radical (unpaired) electrons. The van der Waals surface area contributed by atoms with Crippen molar-refractivity contribution in [2.75, 3.05) is 27.3 Å². The molecule has 1 aliphatic heterocycles. The molecule has 6 heteroatoms. The molecule has 1 saturated heterocycles. The van der Waals surface area contributed by atoms with Gasteiger partial charge in [-0.2, -0.15) is 0 Å². The molecule has 2 heterocycles. The van der Waals surface area contributed by atoms with E-state index in [-0.39, 0.29) is 5.97 Å². The quantitative estimate of drug-likeness (QED) is 0.316. The molecule has 5 rings (SSSR count). The maximum Gasteiger partial charge on any atom is 0.337 e. The Balaban J connectivity index is 1.54. The van der Waals surface area contributed by atoms with E-state index >= 15 is 0 Å². The number of nitrogens with zero attached hydrogens (tertiary/aromatic N) is 1. The minimum Gasteiger partial charge on any atom is -0.496 e. The van der Waals surface area contributed by atoms with Crippen LogP contribution in [-0.2, 0) is 4.74 Å². The van der Waals surface area contributed by atoms with E-state index in [0.717, 1.165) is 25.3 Å². The predicted octanol–water partition coefficient (Wildman–Crippen LogP) is 6.28. The Morgan fingerprint density at radius 3 is 2.53 bits per heavy atom. The average molecular weight is 501 g/mol. The first-order chi connectivity index (χ1) is 17.5. The fraction of sp³-hybridized carbons (Fsp3) is 0.300. The third-order valence-electron chi connectivity index (χ3n) is 7.12. The fourth-order valence-corrected chi connectivity index (χ4v) is 6.74. The number of piperidine rings is 1. The van der Waals surface area contributed by atoms with Crippen LogP contribution >= 0.6 is 11.8 Å². The second kappa shape index (κ2) is 10.4. The van der Waals surface area contributed by atoms with Crippen molar-refractivity contribution in [3.8, 4) is 11.4 Å². The number of carbonyl (C=O) groups excluding carboxylic acids is 1. The van der Waals surface area contributed by atoms with E-state index < -0.39 is 0 Å². The number of ether oxygens (including phenoxy) is 2. The number of rotatable bonds is 6. The molecule has 5 nitrogen and oxygen atoms in total. The molecule has 3 aromatic carbocycles. The number of nitrogens with one attached hydrogen (secondary N) is 1. The van der Waals surface area contributed by atoms with Gasteiger partial charge in [-0.15, -0.1) is 11.8 Å². The second-order valence-corrected chi connectivity index (χ2v) is 10.6. The van der Waals surface area contributed by atoms with Gasteiger partial charge in [-0.05, 0) is 73.8 Å². The molecule has 36 heavy (non-hydrogen) atoms. The zero-order valence-electron chi connectivity index (χ0n) is 21.2. The highest BCUT2D eigenvalue weighted by Gasteiger charge is 2.30. The Morgan fingerprint density at radius 2 is 1.81 bits per heavy atom. The number of fused-ring (bicyclic) bond motifs is 1. The molecule has 1 aromatic heterocycles. The highest BCUT2D eigenvalue weighted by Crippen LogP contribution is 2.46. The van der Waals surface area contributed by atoms with Gasteiger partial charge < -0.3 is 19.4 Å². The molecule has 0 amide bonds. The zero-order valence-corrected chi connectivity index (χ0v) is 22.0. The molecule has 0 bridgehead atoms. The Bertz CT molecular complexity index is 1390. The van der Waals surface area contributed by atoms with Crippen LogP contribution in [0.4, 0.5) is 0 Å². The lowest BCUT2D eigenvalue weighted by atomic mass is 9.90. The molecular weight excluding hydrogens is 468 g/mol. The Kier molecular flexibility index (Phi) is 7.08. The summed E-state index contributed by atoms with van der Waals surface area (Å²) in [5.41, 5.74) is 6.66. The van der Waals surface area contributed by atoms with Crippen LogP contribution in [-0.4, -0.2) is 43.1 Å². The van der Waals surface area contributed by atoms with Gasteiger partial charge in [-0.3, -0.25) is 0 Å². The maximum atomic E-state index is 11.9. The van der Waals surface area contributed by atoms with E-state index in [1.165, 1.54) is 45.3 Å². The molecule has 1 N–H and O–H groups in total. The molecule has 1 fully saturated rings. The summed E-state index contributed by atoms with van der Waals surface area (Å²) in [4.78, 5) is 13.1. The minimum atomic E-state index is -0.306. The molecule has 2 atom stereocenters. The van der Waals surface area contributed by atoms with Crippen molar-refractivity contribution in [3.05, 3.63) is 89.1 Å². The summed E-state index contributed by atoms with van der Waals surface area (Å²) in [5, 5.41) is 5.16. The smallest absolute Gasteiger partial charge is 0.337 e. The van der Waals surface area contributed by atoms with Crippen molar-refractivity contribution in [1.29, 1.82) is 0 Å². The third-order valence-corrected chi connectivity index (χ3v) is 8.64. The van der Waals surface area contributed by atoms with E-state index in [1.54, 1.807) is 7.11 Å². The first kappa shape index (κ1) is 24.5. The minimum absolute atomic E-state index is 0.306. The summed E-state index contributed by atoms with van der Waals surface area (Å²) >= 11 is 1.91. The Morgan fingerprint density at radius 1 is 1.03 bits per heavy atom. The van der Waals surface area contributed by atoms with Crippen LogP contribution in [0.5, 0.6) is 5.75 Å².